The lowest BCUT2D eigenvalue weighted by Crippen LogP contribution is -2.12. The molecule has 0 radical (unpaired) electrons. The van der Waals surface area contributed by atoms with E-state index in [0.29, 0.717) is 33.1 Å². The van der Waals surface area contributed by atoms with Crippen LogP contribution in [-0.2, 0) is 5.75 Å². The Balaban J connectivity index is 1.61. The second-order valence-corrected chi connectivity index (χ2v) is 9.09. The molecule has 0 fully saturated rings. The third kappa shape index (κ3) is 6.34. The van der Waals surface area contributed by atoms with Crippen molar-refractivity contribution < 1.29 is 9.53 Å². The van der Waals surface area contributed by atoms with Crippen molar-refractivity contribution >= 4 is 57.3 Å². The van der Waals surface area contributed by atoms with E-state index in [0.717, 1.165) is 22.9 Å². The molecule has 29 heavy (non-hydrogen) atoms. The minimum atomic E-state index is -0.357. The number of amides is 1. The summed E-state index contributed by atoms with van der Waals surface area (Å²) < 4.78 is 6.39. The van der Waals surface area contributed by atoms with Gasteiger partial charge in [-0.05, 0) is 24.1 Å². The molecule has 3 rings (SSSR count). The minimum absolute atomic E-state index is 0.301. The Hall–Kier alpha value is -1.80. The van der Waals surface area contributed by atoms with Crippen molar-refractivity contribution in [2.75, 3.05) is 11.9 Å². The third-order valence-electron chi connectivity index (χ3n) is 3.84. The van der Waals surface area contributed by atoms with Crippen LogP contribution in [0.5, 0.6) is 5.75 Å². The van der Waals surface area contributed by atoms with E-state index in [9.17, 15) is 4.79 Å². The molecule has 0 spiro atoms. The van der Waals surface area contributed by atoms with Gasteiger partial charge in [0.2, 0.25) is 5.13 Å². The molecule has 0 saturated heterocycles. The Bertz CT molecular complexity index is 944. The first-order valence-corrected chi connectivity index (χ1v) is 11.6. The summed E-state index contributed by atoms with van der Waals surface area (Å²) in [4.78, 5) is 12.5. The zero-order chi connectivity index (χ0) is 20.6. The molecule has 0 atom stereocenters. The highest BCUT2D eigenvalue weighted by molar-refractivity contribution is 8.00. The summed E-state index contributed by atoms with van der Waals surface area (Å²) in [7, 11) is 0. The number of rotatable bonds is 9. The highest BCUT2D eigenvalue weighted by atomic mass is 35.5. The maximum atomic E-state index is 12.5. The Morgan fingerprint density at radius 1 is 1.17 bits per heavy atom. The van der Waals surface area contributed by atoms with Crippen LogP contribution in [0.25, 0.3) is 0 Å². The summed E-state index contributed by atoms with van der Waals surface area (Å²) in [5, 5.41) is 11.9. The van der Waals surface area contributed by atoms with E-state index in [2.05, 4.69) is 34.6 Å². The summed E-state index contributed by atoms with van der Waals surface area (Å²) in [6, 6.07) is 13.2. The highest BCUT2D eigenvalue weighted by Gasteiger charge is 2.16. The molecule has 9 heteroatoms. The predicted octanol–water partition coefficient (Wildman–Crippen LogP) is 6.57. The second-order valence-electron chi connectivity index (χ2n) is 6.07. The van der Waals surface area contributed by atoms with Crippen molar-refractivity contribution in [2.24, 2.45) is 0 Å². The van der Waals surface area contributed by atoms with E-state index in [1.54, 1.807) is 11.8 Å². The van der Waals surface area contributed by atoms with Gasteiger partial charge >= 0.3 is 0 Å². The number of unbranched alkanes of at least 4 members (excludes halogenated alkanes) is 1. The Morgan fingerprint density at radius 2 is 1.90 bits per heavy atom. The minimum Gasteiger partial charge on any atom is -0.490 e. The van der Waals surface area contributed by atoms with Gasteiger partial charge in [-0.1, -0.05) is 90.0 Å². The molecule has 152 valence electrons. The number of carbonyl (C=O) groups is 1. The fraction of sp³-hybridized carbons (Fsp3) is 0.250. The average Bonchev–Trinajstić information content (AvgIpc) is 3.16. The smallest absolute Gasteiger partial charge is 0.257 e. The fourth-order valence-corrected chi connectivity index (χ4v) is 4.65. The van der Waals surface area contributed by atoms with Crippen LogP contribution in [-0.4, -0.2) is 22.7 Å². The van der Waals surface area contributed by atoms with Crippen LogP contribution >= 0.6 is 46.3 Å². The summed E-state index contributed by atoms with van der Waals surface area (Å²) in [6.45, 7) is 2.59. The maximum absolute atomic E-state index is 12.5. The quantitative estimate of drug-likeness (QED) is 0.219. The highest BCUT2D eigenvalue weighted by Crippen LogP contribution is 2.35. The van der Waals surface area contributed by atoms with Gasteiger partial charge in [-0.25, -0.2) is 0 Å². The number of benzene rings is 2. The normalized spacial score (nSPS) is 10.7. The standard InChI is InChI=1S/C20H19Cl2N3O2S2/c1-2-3-9-27-17-15(21)10-14(11-16(17)22)18(26)23-19-24-25-20(29-19)28-12-13-7-5-4-6-8-13/h4-8,10-11H,2-3,9,12H2,1H3,(H,23,24,26). The van der Waals surface area contributed by atoms with Gasteiger partial charge in [0.25, 0.3) is 5.91 Å². The number of hydrogen-bond donors (Lipinski definition) is 1. The number of carbonyl (C=O) groups excluding carboxylic acids is 1. The number of aromatic nitrogens is 2. The molecule has 0 aliphatic rings. The molecule has 0 aliphatic heterocycles. The van der Waals surface area contributed by atoms with Gasteiger partial charge in [0.05, 0.1) is 16.7 Å². The summed E-state index contributed by atoms with van der Waals surface area (Å²) in [5.74, 6) is 0.826. The monoisotopic (exact) mass is 467 g/mol. The second kappa shape index (κ2) is 10.8. The third-order valence-corrected chi connectivity index (χ3v) is 6.44. The van der Waals surface area contributed by atoms with E-state index < -0.39 is 0 Å². The number of nitrogens with zero attached hydrogens (tertiary/aromatic N) is 2. The van der Waals surface area contributed by atoms with Gasteiger partial charge in [-0.2, -0.15) is 0 Å². The summed E-state index contributed by atoms with van der Waals surface area (Å²) in [6.07, 6.45) is 1.90. The van der Waals surface area contributed by atoms with Gasteiger partial charge < -0.3 is 4.74 Å². The van der Waals surface area contributed by atoms with E-state index in [-0.39, 0.29) is 5.91 Å². The molecule has 1 N–H and O–H groups in total. The average molecular weight is 468 g/mol. The lowest BCUT2D eigenvalue weighted by atomic mass is 10.2. The molecule has 2 aromatic carbocycles. The van der Waals surface area contributed by atoms with Crippen molar-refractivity contribution in [1.29, 1.82) is 0 Å². The first kappa shape index (κ1) is 21.9. The molecule has 1 aromatic heterocycles. The topological polar surface area (TPSA) is 64.1 Å². The first-order valence-electron chi connectivity index (χ1n) is 9.00. The molecule has 3 aromatic rings. The van der Waals surface area contributed by atoms with Crippen LogP contribution in [0.3, 0.4) is 0 Å². The lowest BCUT2D eigenvalue weighted by molar-refractivity contribution is 0.102. The van der Waals surface area contributed by atoms with Crippen LogP contribution in [0, 0.1) is 0 Å². The Morgan fingerprint density at radius 3 is 2.59 bits per heavy atom. The maximum Gasteiger partial charge on any atom is 0.257 e. The van der Waals surface area contributed by atoms with Gasteiger partial charge in [-0.3, -0.25) is 10.1 Å². The lowest BCUT2D eigenvalue weighted by Gasteiger charge is -2.11. The van der Waals surface area contributed by atoms with E-state index >= 15 is 0 Å². The number of anilines is 1. The zero-order valence-electron chi connectivity index (χ0n) is 15.7. The van der Waals surface area contributed by atoms with E-state index in [1.807, 2.05) is 18.2 Å². The van der Waals surface area contributed by atoms with Crippen molar-refractivity contribution in [1.82, 2.24) is 10.2 Å². The van der Waals surface area contributed by atoms with Crippen molar-refractivity contribution in [2.45, 2.75) is 29.9 Å². The van der Waals surface area contributed by atoms with Crippen LogP contribution in [0.15, 0.2) is 46.8 Å². The van der Waals surface area contributed by atoms with E-state index in [1.165, 1.54) is 29.0 Å². The van der Waals surface area contributed by atoms with Crippen molar-refractivity contribution in [3.63, 3.8) is 0 Å². The fourth-order valence-electron chi connectivity index (χ4n) is 2.35. The Kier molecular flexibility index (Phi) is 8.18. The van der Waals surface area contributed by atoms with Crippen molar-refractivity contribution in [3.05, 3.63) is 63.6 Å². The van der Waals surface area contributed by atoms with Gasteiger partial charge in [0, 0.05) is 11.3 Å². The number of halogens is 2. The molecule has 0 saturated carbocycles. The Labute approximate surface area is 187 Å². The number of ether oxygens (including phenoxy) is 1. The molecule has 1 heterocycles. The van der Waals surface area contributed by atoms with Crippen LogP contribution in [0.2, 0.25) is 10.0 Å². The van der Waals surface area contributed by atoms with Gasteiger partial charge in [0.15, 0.2) is 10.1 Å². The molecule has 0 bridgehead atoms. The molecular formula is C20H19Cl2N3O2S2. The largest absolute Gasteiger partial charge is 0.490 e. The van der Waals surface area contributed by atoms with Crippen LogP contribution < -0.4 is 10.1 Å². The van der Waals surface area contributed by atoms with Gasteiger partial charge in [-0.15, -0.1) is 10.2 Å². The van der Waals surface area contributed by atoms with Crippen LogP contribution in [0.4, 0.5) is 5.13 Å². The first-order chi connectivity index (χ1) is 14.1. The zero-order valence-corrected chi connectivity index (χ0v) is 18.8. The van der Waals surface area contributed by atoms with Crippen molar-refractivity contribution in [3.8, 4) is 5.75 Å². The predicted molar refractivity (Wildman–Crippen MR) is 121 cm³/mol. The van der Waals surface area contributed by atoms with Gasteiger partial charge in [0.1, 0.15) is 0 Å². The SMILES string of the molecule is CCCCOc1c(Cl)cc(C(=O)Nc2nnc(SCc3ccccc3)s2)cc1Cl. The molecule has 5 nitrogen and oxygen atoms in total. The number of nitrogens with one attached hydrogen (secondary N) is 1. The molecule has 0 unspecified atom stereocenters. The molecular weight excluding hydrogens is 449 g/mol. The summed E-state index contributed by atoms with van der Waals surface area (Å²) >= 11 is 15.4. The molecule has 1 amide bonds. The number of thioether (sulfide) groups is 1. The van der Waals surface area contributed by atoms with E-state index in [4.69, 9.17) is 27.9 Å². The number of hydrogen-bond acceptors (Lipinski definition) is 6. The summed E-state index contributed by atoms with van der Waals surface area (Å²) in [5.41, 5.74) is 1.53. The molecule has 0 aliphatic carbocycles. The van der Waals surface area contributed by atoms with Crippen LogP contribution in [0.1, 0.15) is 35.7 Å².